The van der Waals surface area contributed by atoms with Gasteiger partial charge in [0, 0.05) is 17.1 Å². The van der Waals surface area contributed by atoms with Crippen molar-refractivity contribution in [2.45, 2.75) is 44.7 Å². The van der Waals surface area contributed by atoms with Gasteiger partial charge in [0.15, 0.2) is 0 Å². The molecule has 0 spiro atoms. The van der Waals surface area contributed by atoms with E-state index in [1.54, 1.807) is 0 Å². The van der Waals surface area contributed by atoms with Crippen LogP contribution in [-0.2, 0) is 0 Å². The Bertz CT molecular complexity index is 616. The summed E-state index contributed by atoms with van der Waals surface area (Å²) in [6.07, 6.45) is 2.41. The number of rotatable bonds is 4. The highest BCUT2D eigenvalue weighted by Crippen LogP contribution is 2.38. The Labute approximate surface area is 132 Å². The van der Waals surface area contributed by atoms with Crippen LogP contribution < -0.4 is 5.32 Å². The van der Waals surface area contributed by atoms with Crippen LogP contribution in [-0.4, -0.2) is 6.04 Å². The molecular weight excluding hydrogens is 278 g/mol. The van der Waals surface area contributed by atoms with Gasteiger partial charge in [0.25, 0.3) is 0 Å². The van der Waals surface area contributed by atoms with E-state index < -0.39 is 0 Å². The van der Waals surface area contributed by atoms with Crippen molar-refractivity contribution in [3.8, 4) is 0 Å². The molecular formula is C19H22ClN. The van der Waals surface area contributed by atoms with E-state index in [1.165, 1.54) is 29.5 Å². The molecule has 0 bridgehead atoms. The highest BCUT2D eigenvalue weighted by Gasteiger charge is 2.31. The lowest BCUT2D eigenvalue weighted by atomic mass is 9.75. The number of halogens is 1. The number of hydrogen-bond acceptors (Lipinski definition) is 1. The van der Waals surface area contributed by atoms with E-state index in [0.29, 0.717) is 18.0 Å². The van der Waals surface area contributed by atoms with Crippen LogP contribution in [0.4, 0.5) is 0 Å². The van der Waals surface area contributed by atoms with Gasteiger partial charge < -0.3 is 5.32 Å². The Balaban J connectivity index is 1.56. The zero-order valence-electron chi connectivity index (χ0n) is 12.6. The number of nitrogens with one attached hydrogen (secondary N) is 1. The fourth-order valence-corrected chi connectivity index (χ4v) is 3.50. The molecule has 0 heterocycles. The first-order valence-electron chi connectivity index (χ1n) is 7.70. The molecule has 0 saturated heterocycles. The van der Waals surface area contributed by atoms with Gasteiger partial charge in [-0.05, 0) is 61.4 Å². The molecule has 1 atom stereocenters. The van der Waals surface area contributed by atoms with Crippen LogP contribution in [0.1, 0.15) is 48.4 Å². The Morgan fingerprint density at radius 1 is 1.10 bits per heavy atom. The van der Waals surface area contributed by atoms with Crippen LogP contribution in [0.2, 0.25) is 5.02 Å². The molecule has 1 fully saturated rings. The van der Waals surface area contributed by atoms with Gasteiger partial charge in [-0.15, -0.1) is 0 Å². The van der Waals surface area contributed by atoms with Crippen LogP contribution in [0, 0.1) is 6.92 Å². The molecule has 2 heteroatoms. The summed E-state index contributed by atoms with van der Waals surface area (Å²) in [5, 5.41) is 4.60. The molecule has 1 saturated carbocycles. The fraction of sp³-hybridized carbons (Fsp3) is 0.368. The first-order chi connectivity index (χ1) is 10.1. The van der Waals surface area contributed by atoms with Crippen molar-refractivity contribution in [3.63, 3.8) is 0 Å². The first-order valence-corrected chi connectivity index (χ1v) is 8.08. The minimum absolute atomic E-state index is 0.413. The quantitative estimate of drug-likeness (QED) is 0.813. The highest BCUT2D eigenvalue weighted by atomic mass is 35.5. The number of benzene rings is 2. The Morgan fingerprint density at radius 2 is 1.86 bits per heavy atom. The average molecular weight is 300 g/mol. The van der Waals surface area contributed by atoms with Crippen molar-refractivity contribution in [2.24, 2.45) is 0 Å². The minimum Gasteiger partial charge on any atom is -0.307 e. The van der Waals surface area contributed by atoms with Crippen LogP contribution in [0.25, 0.3) is 0 Å². The van der Waals surface area contributed by atoms with Crippen LogP contribution in [0.15, 0.2) is 48.5 Å². The summed E-state index contributed by atoms with van der Waals surface area (Å²) in [6.45, 7) is 4.44. The van der Waals surface area contributed by atoms with E-state index >= 15 is 0 Å². The van der Waals surface area contributed by atoms with Crippen molar-refractivity contribution < 1.29 is 0 Å². The van der Waals surface area contributed by atoms with E-state index in [0.717, 1.165) is 5.02 Å². The third-order valence-corrected chi connectivity index (χ3v) is 4.83. The Hall–Kier alpha value is -1.31. The minimum atomic E-state index is 0.413. The molecule has 0 aliphatic heterocycles. The van der Waals surface area contributed by atoms with Crippen molar-refractivity contribution in [3.05, 3.63) is 70.2 Å². The molecule has 0 amide bonds. The Morgan fingerprint density at radius 3 is 2.57 bits per heavy atom. The van der Waals surface area contributed by atoms with Gasteiger partial charge in [-0.25, -0.2) is 0 Å². The lowest BCUT2D eigenvalue weighted by Crippen LogP contribution is -2.41. The molecule has 2 aromatic carbocycles. The number of hydrogen-bond donors (Lipinski definition) is 1. The van der Waals surface area contributed by atoms with Gasteiger partial charge in [0.1, 0.15) is 0 Å². The van der Waals surface area contributed by atoms with Gasteiger partial charge in [0.05, 0.1) is 0 Å². The molecule has 2 aromatic rings. The van der Waals surface area contributed by atoms with Gasteiger partial charge in [-0.1, -0.05) is 48.0 Å². The molecule has 0 unspecified atom stereocenters. The topological polar surface area (TPSA) is 12.0 Å². The van der Waals surface area contributed by atoms with Gasteiger partial charge >= 0.3 is 0 Å². The summed E-state index contributed by atoms with van der Waals surface area (Å²) in [6, 6.07) is 17.9. The smallest absolute Gasteiger partial charge is 0.0408 e. The number of aryl methyl sites for hydroxylation is 1. The second kappa shape index (κ2) is 6.21. The van der Waals surface area contributed by atoms with Crippen LogP contribution in [0.5, 0.6) is 0 Å². The first kappa shape index (κ1) is 14.6. The van der Waals surface area contributed by atoms with E-state index in [9.17, 15) is 0 Å². The fourth-order valence-electron chi connectivity index (χ4n) is 3.30. The third-order valence-electron chi connectivity index (χ3n) is 4.60. The summed E-state index contributed by atoms with van der Waals surface area (Å²) >= 11 is 6.07. The Kier molecular flexibility index (Phi) is 4.32. The SMILES string of the molecule is Cc1ccccc1[C@@H](C)NC1CC(c2cccc(Cl)c2)C1. The largest absolute Gasteiger partial charge is 0.307 e. The molecule has 1 aliphatic carbocycles. The second-order valence-electron chi connectivity index (χ2n) is 6.17. The predicted octanol–water partition coefficient (Wildman–Crippen LogP) is 5.25. The second-order valence-corrected chi connectivity index (χ2v) is 6.60. The maximum absolute atomic E-state index is 6.07. The molecule has 1 aliphatic rings. The summed E-state index contributed by atoms with van der Waals surface area (Å²) in [7, 11) is 0. The zero-order valence-corrected chi connectivity index (χ0v) is 13.4. The highest BCUT2D eigenvalue weighted by molar-refractivity contribution is 6.30. The predicted molar refractivity (Wildman–Crippen MR) is 89.9 cm³/mol. The molecule has 1 nitrogen and oxygen atoms in total. The van der Waals surface area contributed by atoms with Crippen molar-refractivity contribution in [2.75, 3.05) is 0 Å². The third kappa shape index (κ3) is 3.30. The monoisotopic (exact) mass is 299 g/mol. The molecule has 21 heavy (non-hydrogen) atoms. The molecule has 0 aromatic heterocycles. The summed E-state index contributed by atoms with van der Waals surface area (Å²) in [5.74, 6) is 0.658. The van der Waals surface area contributed by atoms with Crippen LogP contribution in [0.3, 0.4) is 0 Å². The summed E-state index contributed by atoms with van der Waals surface area (Å²) in [4.78, 5) is 0. The van der Waals surface area contributed by atoms with Crippen molar-refractivity contribution in [1.82, 2.24) is 5.32 Å². The van der Waals surface area contributed by atoms with E-state index in [-0.39, 0.29) is 0 Å². The zero-order chi connectivity index (χ0) is 14.8. The standard InChI is InChI=1S/C19H22ClN/c1-13-6-3-4-9-19(13)14(2)21-18-11-16(12-18)15-7-5-8-17(20)10-15/h3-10,14,16,18,21H,11-12H2,1-2H3/t14-,16?,18?/m1/s1. The maximum Gasteiger partial charge on any atom is 0.0408 e. The average Bonchev–Trinajstić information content (AvgIpc) is 2.42. The normalized spacial score (nSPS) is 22.6. The van der Waals surface area contributed by atoms with Crippen LogP contribution >= 0.6 is 11.6 Å². The van der Waals surface area contributed by atoms with E-state index in [1.807, 2.05) is 12.1 Å². The van der Waals surface area contributed by atoms with Gasteiger partial charge in [0.2, 0.25) is 0 Å². The van der Waals surface area contributed by atoms with E-state index in [2.05, 4.69) is 55.6 Å². The molecule has 1 N–H and O–H groups in total. The van der Waals surface area contributed by atoms with Gasteiger partial charge in [-0.3, -0.25) is 0 Å². The lowest BCUT2D eigenvalue weighted by molar-refractivity contribution is 0.270. The molecule has 3 rings (SSSR count). The van der Waals surface area contributed by atoms with Crippen molar-refractivity contribution >= 4 is 11.6 Å². The van der Waals surface area contributed by atoms with Gasteiger partial charge in [-0.2, -0.15) is 0 Å². The lowest BCUT2D eigenvalue weighted by Gasteiger charge is -2.38. The van der Waals surface area contributed by atoms with Crippen molar-refractivity contribution in [1.29, 1.82) is 0 Å². The maximum atomic E-state index is 6.07. The molecule has 110 valence electrons. The summed E-state index contributed by atoms with van der Waals surface area (Å²) in [5.41, 5.74) is 4.15. The summed E-state index contributed by atoms with van der Waals surface area (Å²) < 4.78 is 0. The van der Waals surface area contributed by atoms with E-state index in [4.69, 9.17) is 11.6 Å². The molecule has 0 radical (unpaired) electrons.